The molecule has 0 spiro atoms. The van der Waals surface area contributed by atoms with Crippen molar-refractivity contribution in [2.75, 3.05) is 4.90 Å². The van der Waals surface area contributed by atoms with Crippen molar-refractivity contribution >= 4 is 43.2 Å². The number of anilines is 2. The first-order chi connectivity index (χ1) is 10.7. The molecule has 3 aromatic carbocycles. The van der Waals surface area contributed by atoms with Gasteiger partial charge in [0.05, 0.1) is 0 Å². The number of nitrogens with zero attached hydrogens (tertiary/aromatic N) is 1. The Morgan fingerprint density at radius 3 is 1.50 bits per heavy atom. The zero-order chi connectivity index (χ0) is 15.4. The molecule has 0 aliphatic rings. The lowest BCUT2D eigenvalue weighted by Crippen LogP contribution is -2.16. The van der Waals surface area contributed by atoms with Crippen LogP contribution in [0.1, 0.15) is 5.56 Å². The lowest BCUT2D eigenvalue weighted by Gasteiger charge is -2.25. The van der Waals surface area contributed by atoms with Crippen LogP contribution in [0.15, 0.2) is 87.8 Å². The van der Waals surface area contributed by atoms with Crippen LogP contribution in [0.25, 0.3) is 0 Å². The van der Waals surface area contributed by atoms with Crippen LogP contribution in [0, 0.1) is 0 Å². The predicted octanol–water partition coefficient (Wildman–Crippen LogP) is 6.55. The highest BCUT2D eigenvalue weighted by Gasteiger charge is 2.10. The Morgan fingerprint density at radius 2 is 1.05 bits per heavy atom. The molecule has 3 aromatic rings. The monoisotopic (exact) mass is 415 g/mol. The van der Waals surface area contributed by atoms with E-state index in [0.717, 1.165) is 15.5 Å². The molecule has 0 aromatic heterocycles. The fourth-order valence-electron chi connectivity index (χ4n) is 2.34. The summed E-state index contributed by atoms with van der Waals surface area (Å²) in [6.07, 6.45) is 0. The van der Waals surface area contributed by atoms with Crippen molar-refractivity contribution in [3.63, 3.8) is 0 Å². The zero-order valence-electron chi connectivity index (χ0n) is 11.9. The van der Waals surface area contributed by atoms with E-state index in [4.69, 9.17) is 0 Å². The third-order valence-corrected chi connectivity index (χ3v) is 4.52. The van der Waals surface area contributed by atoms with Crippen LogP contribution >= 0.6 is 31.9 Å². The Kier molecular flexibility index (Phi) is 4.96. The molecule has 0 saturated carbocycles. The van der Waals surface area contributed by atoms with Gasteiger partial charge < -0.3 is 4.90 Å². The summed E-state index contributed by atoms with van der Waals surface area (Å²) < 4.78 is 2.18. The van der Waals surface area contributed by atoms with Crippen LogP contribution in [0.5, 0.6) is 0 Å². The number of benzene rings is 3. The Bertz CT molecular complexity index is 676. The van der Waals surface area contributed by atoms with E-state index in [1.807, 2.05) is 6.07 Å². The van der Waals surface area contributed by atoms with Crippen LogP contribution in [0.2, 0.25) is 0 Å². The molecule has 0 N–H and O–H groups in total. The summed E-state index contributed by atoms with van der Waals surface area (Å²) in [5.41, 5.74) is 3.64. The van der Waals surface area contributed by atoms with Crippen molar-refractivity contribution in [1.82, 2.24) is 0 Å². The third-order valence-electron chi connectivity index (χ3n) is 3.46. The Balaban J connectivity index is 1.97. The predicted molar refractivity (Wildman–Crippen MR) is 101 cm³/mol. The normalized spacial score (nSPS) is 10.5. The Morgan fingerprint density at radius 1 is 0.591 bits per heavy atom. The summed E-state index contributed by atoms with van der Waals surface area (Å²) in [6.45, 7) is 0.837. The van der Waals surface area contributed by atoms with Gasteiger partial charge in [-0.2, -0.15) is 0 Å². The quantitative estimate of drug-likeness (QED) is 0.466. The van der Waals surface area contributed by atoms with Gasteiger partial charge in [-0.1, -0.05) is 62.2 Å². The van der Waals surface area contributed by atoms with E-state index in [2.05, 4.69) is 110 Å². The summed E-state index contributed by atoms with van der Waals surface area (Å²) >= 11 is 7.00. The molecule has 0 fully saturated rings. The smallest absolute Gasteiger partial charge is 0.0481 e. The van der Waals surface area contributed by atoms with Crippen molar-refractivity contribution in [2.45, 2.75) is 6.54 Å². The number of halogens is 2. The van der Waals surface area contributed by atoms with Crippen LogP contribution in [0.3, 0.4) is 0 Å². The summed E-state index contributed by atoms with van der Waals surface area (Å²) in [5, 5.41) is 0. The lowest BCUT2D eigenvalue weighted by atomic mass is 10.1. The molecule has 3 heteroatoms. The first-order valence-corrected chi connectivity index (χ1v) is 8.63. The molecule has 0 saturated heterocycles. The highest BCUT2D eigenvalue weighted by molar-refractivity contribution is 9.10. The van der Waals surface area contributed by atoms with Crippen molar-refractivity contribution in [2.24, 2.45) is 0 Å². The topological polar surface area (TPSA) is 3.24 Å². The van der Waals surface area contributed by atoms with Gasteiger partial charge in [-0.3, -0.25) is 0 Å². The molecule has 0 radical (unpaired) electrons. The Labute approximate surface area is 147 Å². The minimum Gasteiger partial charge on any atom is -0.337 e. The van der Waals surface area contributed by atoms with E-state index in [-0.39, 0.29) is 0 Å². The van der Waals surface area contributed by atoms with E-state index < -0.39 is 0 Å². The van der Waals surface area contributed by atoms with E-state index in [1.54, 1.807) is 0 Å². The van der Waals surface area contributed by atoms with E-state index >= 15 is 0 Å². The van der Waals surface area contributed by atoms with Gasteiger partial charge in [-0.15, -0.1) is 0 Å². The van der Waals surface area contributed by atoms with Crippen molar-refractivity contribution in [3.8, 4) is 0 Å². The van der Waals surface area contributed by atoms with Crippen LogP contribution in [-0.2, 0) is 6.54 Å². The van der Waals surface area contributed by atoms with E-state index in [0.29, 0.717) is 0 Å². The van der Waals surface area contributed by atoms with E-state index in [9.17, 15) is 0 Å². The van der Waals surface area contributed by atoms with Crippen LogP contribution < -0.4 is 4.90 Å². The summed E-state index contributed by atoms with van der Waals surface area (Å²) in [4.78, 5) is 2.31. The molecule has 0 heterocycles. The molecule has 0 unspecified atom stereocenters. The van der Waals surface area contributed by atoms with Gasteiger partial charge >= 0.3 is 0 Å². The second-order valence-corrected chi connectivity index (χ2v) is 6.86. The summed E-state index contributed by atoms with van der Waals surface area (Å²) in [6, 6.07) is 27.4. The highest BCUT2D eigenvalue weighted by atomic mass is 79.9. The number of hydrogen-bond donors (Lipinski definition) is 0. The molecule has 0 amide bonds. The molecule has 1 nitrogen and oxygen atoms in total. The van der Waals surface area contributed by atoms with Gasteiger partial charge in [0.25, 0.3) is 0 Å². The maximum absolute atomic E-state index is 3.50. The minimum absolute atomic E-state index is 0.837. The van der Waals surface area contributed by atoms with Gasteiger partial charge in [-0.05, 0) is 54.1 Å². The first-order valence-electron chi connectivity index (χ1n) is 7.05. The molecule has 22 heavy (non-hydrogen) atoms. The fourth-order valence-corrected chi connectivity index (χ4v) is 2.87. The average molecular weight is 417 g/mol. The summed E-state index contributed by atoms with van der Waals surface area (Å²) in [7, 11) is 0. The van der Waals surface area contributed by atoms with Crippen molar-refractivity contribution < 1.29 is 0 Å². The lowest BCUT2D eigenvalue weighted by molar-refractivity contribution is 0.975. The second-order valence-electron chi connectivity index (χ2n) is 5.02. The molecule has 3 rings (SSSR count). The van der Waals surface area contributed by atoms with Crippen molar-refractivity contribution in [1.29, 1.82) is 0 Å². The maximum atomic E-state index is 3.50. The van der Waals surface area contributed by atoms with Gasteiger partial charge in [-0.25, -0.2) is 0 Å². The van der Waals surface area contributed by atoms with Gasteiger partial charge in [0.2, 0.25) is 0 Å². The highest BCUT2D eigenvalue weighted by Crippen LogP contribution is 2.29. The molecule has 0 aliphatic carbocycles. The summed E-state index contributed by atoms with van der Waals surface area (Å²) in [5.74, 6) is 0. The Hall–Kier alpha value is -1.58. The number of hydrogen-bond acceptors (Lipinski definition) is 1. The molecule has 0 atom stereocenters. The standard InChI is InChI=1S/C19H15Br2N/c20-16-6-10-18(11-7-16)22(14-15-4-2-1-3-5-15)19-12-8-17(21)9-13-19/h1-13H,14H2. The largest absolute Gasteiger partial charge is 0.337 e. The third kappa shape index (κ3) is 3.79. The van der Waals surface area contributed by atoms with E-state index in [1.165, 1.54) is 16.9 Å². The van der Waals surface area contributed by atoms with Crippen LogP contribution in [-0.4, -0.2) is 0 Å². The van der Waals surface area contributed by atoms with Gasteiger partial charge in [0.1, 0.15) is 0 Å². The van der Waals surface area contributed by atoms with Gasteiger partial charge in [0, 0.05) is 26.9 Å². The zero-order valence-corrected chi connectivity index (χ0v) is 15.1. The van der Waals surface area contributed by atoms with Crippen molar-refractivity contribution in [3.05, 3.63) is 93.4 Å². The average Bonchev–Trinajstić information content (AvgIpc) is 2.56. The molecular formula is C19H15Br2N. The SMILES string of the molecule is Brc1ccc(N(Cc2ccccc2)c2ccc(Br)cc2)cc1. The second kappa shape index (κ2) is 7.12. The minimum atomic E-state index is 0.837. The molecule has 0 bridgehead atoms. The first kappa shape index (κ1) is 15.3. The maximum Gasteiger partial charge on any atom is 0.0481 e. The molecular weight excluding hydrogens is 402 g/mol. The fraction of sp³-hybridized carbons (Fsp3) is 0.0526. The van der Waals surface area contributed by atoms with Crippen LogP contribution in [0.4, 0.5) is 11.4 Å². The molecule has 110 valence electrons. The molecule has 0 aliphatic heterocycles. The van der Waals surface area contributed by atoms with Gasteiger partial charge in [0.15, 0.2) is 0 Å². The number of rotatable bonds is 4.